The van der Waals surface area contributed by atoms with Gasteiger partial charge in [0.25, 0.3) is 0 Å². The molecule has 6 heteroatoms. The van der Waals surface area contributed by atoms with Crippen LogP contribution in [-0.2, 0) is 4.79 Å². The summed E-state index contributed by atoms with van der Waals surface area (Å²) in [7, 11) is 0. The Balaban J connectivity index is 1.55. The number of carbonyl (C=O) groups is 1. The highest BCUT2D eigenvalue weighted by Crippen LogP contribution is 2.20. The Morgan fingerprint density at radius 3 is 2.92 bits per heavy atom. The lowest BCUT2D eigenvalue weighted by Gasteiger charge is -2.31. The summed E-state index contributed by atoms with van der Waals surface area (Å²) in [6.45, 7) is 7.47. The van der Waals surface area contributed by atoms with Crippen LogP contribution in [0.3, 0.4) is 0 Å². The zero-order valence-corrected chi connectivity index (χ0v) is 14.5. The maximum atomic E-state index is 12.6. The zero-order valence-electron chi connectivity index (χ0n) is 14.5. The maximum absolute atomic E-state index is 12.6. The number of aromatic nitrogens is 1. The van der Waals surface area contributed by atoms with Gasteiger partial charge in [-0.1, -0.05) is 0 Å². The Labute approximate surface area is 144 Å². The Morgan fingerprint density at radius 1 is 1.25 bits per heavy atom. The third-order valence-electron chi connectivity index (χ3n) is 5.02. The zero-order chi connectivity index (χ0) is 16.9. The van der Waals surface area contributed by atoms with E-state index >= 15 is 0 Å². The Kier molecular flexibility index (Phi) is 5.68. The number of β-amino-alcohol motifs (C(OH)–C–C–N with tert-alkyl or cyclic N) is 1. The summed E-state index contributed by atoms with van der Waals surface area (Å²) in [4.78, 5) is 23.2. The highest BCUT2D eigenvalue weighted by molar-refractivity contribution is 5.78. The number of aliphatic hydroxyl groups excluding tert-OH is 1. The minimum absolute atomic E-state index is 0.192. The number of likely N-dealkylation sites (tertiary alicyclic amines) is 1. The van der Waals surface area contributed by atoms with Gasteiger partial charge in [0.15, 0.2) is 0 Å². The van der Waals surface area contributed by atoms with Crippen molar-refractivity contribution >= 4 is 11.6 Å². The fraction of sp³-hybridized carbons (Fsp3) is 0.667. The highest BCUT2D eigenvalue weighted by atomic mass is 16.3. The van der Waals surface area contributed by atoms with E-state index in [0.29, 0.717) is 13.1 Å². The molecule has 132 valence electrons. The first-order valence-electron chi connectivity index (χ1n) is 8.97. The molecule has 2 aliphatic rings. The van der Waals surface area contributed by atoms with Gasteiger partial charge in [0.05, 0.1) is 12.6 Å². The molecule has 2 saturated heterocycles. The van der Waals surface area contributed by atoms with Gasteiger partial charge in [0.1, 0.15) is 0 Å². The second-order valence-electron chi connectivity index (χ2n) is 6.91. The highest BCUT2D eigenvalue weighted by Gasteiger charge is 2.24. The molecule has 0 saturated carbocycles. The quantitative estimate of drug-likeness (QED) is 0.891. The van der Waals surface area contributed by atoms with E-state index < -0.39 is 0 Å². The standard InChI is InChI=1S/C18H28N4O2/c1-15-12-19-6-5-17(15)21-8-3-9-22(11-10-21)18(24)14-20-7-2-4-16(23)13-20/h5-6,12,16,23H,2-4,7-11,13-14H2,1H3/t16-/m1/s1. The first kappa shape index (κ1) is 17.2. The number of amides is 1. The minimum atomic E-state index is -0.277. The number of rotatable bonds is 3. The van der Waals surface area contributed by atoms with E-state index in [0.717, 1.165) is 52.0 Å². The third kappa shape index (κ3) is 4.24. The molecule has 1 atom stereocenters. The van der Waals surface area contributed by atoms with Crippen molar-refractivity contribution in [1.82, 2.24) is 14.8 Å². The van der Waals surface area contributed by atoms with Gasteiger partial charge in [-0.2, -0.15) is 0 Å². The first-order chi connectivity index (χ1) is 11.6. The smallest absolute Gasteiger partial charge is 0.236 e. The van der Waals surface area contributed by atoms with E-state index in [2.05, 4.69) is 27.8 Å². The topological polar surface area (TPSA) is 59.9 Å². The molecule has 2 fully saturated rings. The van der Waals surface area contributed by atoms with Crippen LogP contribution >= 0.6 is 0 Å². The molecule has 0 unspecified atom stereocenters. The van der Waals surface area contributed by atoms with Crippen molar-refractivity contribution in [3.8, 4) is 0 Å². The van der Waals surface area contributed by atoms with Crippen molar-refractivity contribution in [2.45, 2.75) is 32.3 Å². The van der Waals surface area contributed by atoms with E-state index in [1.54, 1.807) is 0 Å². The molecule has 0 aromatic carbocycles. The van der Waals surface area contributed by atoms with Gasteiger partial charge in [-0.15, -0.1) is 0 Å². The molecule has 1 aromatic rings. The predicted molar refractivity (Wildman–Crippen MR) is 94.1 cm³/mol. The van der Waals surface area contributed by atoms with Crippen LogP contribution in [0.2, 0.25) is 0 Å². The average Bonchev–Trinajstić information content (AvgIpc) is 2.81. The summed E-state index contributed by atoms with van der Waals surface area (Å²) in [5.41, 5.74) is 2.40. The monoisotopic (exact) mass is 332 g/mol. The molecule has 0 aliphatic carbocycles. The van der Waals surface area contributed by atoms with Crippen molar-refractivity contribution in [1.29, 1.82) is 0 Å². The van der Waals surface area contributed by atoms with Crippen LogP contribution in [0.25, 0.3) is 0 Å². The number of hydrogen-bond donors (Lipinski definition) is 1. The van der Waals surface area contributed by atoms with Crippen molar-refractivity contribution in [2.75, 3.05) is 50.7 Å². The van der Waals surface area contributed by atoms with Gasteiger partial charge in [-0.05, 0) is 44.4 Å². The summed E-state index contributed by atoms with van der Waals surface area (Å²) in [5, 5.41) is 9.76. The molecule has 3 rings (SSSR count). The number of anilines is 1. The Hall–Kier alpha value is -1.66. The molecular formula is C18H28N4O2. The van der Waals surface area contributed by atoms with Crippen molar-refractivity contribution < 1.29 is 9.90 Å². The SMILES string of the molecule is Cc1cnccc1N1CCCN(C(=O)CN2CCC[C@@H](O)C2)CC1. The Bertz CT molecular complexity index is 566. The van der Waals surface area contributed by atoms with E-state index in [1.807, 2.05) is 17.3 Å². The van der Waals surface area contributed by atoms with Crippen LogP contribution in [0, 0.1) is 6.92 Å². The number of hydrogen-bond acceptors (Lipinski definition) is 5. The summed E-state index contributed by atoms with van der Waals surface area (Å²) in [5.74, 6) is 0.192. The molecule has 3 heterocycles. The number of piperidine rings is 1. The van der Waals surface area contributed by atoms with Crippen LogP contribution in [0.1, 0.15) is 24.8 Å². The molecule has 2 aliphatic heterocycles. The van der Waals surface area contributed by atoms with Crippen LogP contribution in [0.15, 0.2) is 18.5 Å². The normalized spacial score (nSPS) is 23.2. The number of aliphatic hydroxyl groups is 1. The van der Waals surface area contributed by atoms with E-state index in [9.17, 15) is 9.90 Å². The first-order valence-corrected chi connectivity index (χ1v) is 8.97. The summed E-state index contributed by atoms with van der Waals surface area (Å²) in [6.07, 6.45) is 6.26. The molecular weight excluding hydrogens is 304 g/mol. The molecule has 0 spiro atoms. The lowest BCUT2D eigenvalue weighted by atomic mass is 10.1. The van der Waals surface area contributed by atoms with Crippen LogP contribution < -0.4 is 4.90 Å². The van der Waals surface area contributed by atoms with Gasteiger partial charge in [-0.3, -0.25) is 14.7 Å². The number of aryl methyl sites for hydroxylation is 1. The lowest BCUT2D eigenvalue weighted by Crippen LogP contribution is -2.46. The second-order valence-corrected chi connectivity index (χ2v) is 6.91. The number of pyridine rings is 1. The van der Waals surface area contributed by atoms with Crippen molar-refractivity contribution in [2.24, 2.45) is 0 Å². The summed E-state index contributed by atoms with van der Waals surface area (Å²) >= 11 is 0. The molecule has 1 aromatic heterocycles. The number of nitrogens with zero attached hydrogens (tertiary/aromatic N) is 4. The fourth-order valence-electron chi connectivity index (χ4n) is 3.69. The van der Waals surface area contributed by atoms with Gasteiger partial charge >= 0.3 is 0 Å². The lowest BCUT2D eigenvalue weighted by molar-refractivity contribution is -0.132. The Morgan fingerprint density at radius 2 is 2.12 bits per heavy atom. The van der Waals surface area contributed by atoms with Gasteiger partial charge < -0.3 is 14.9 Å². The van der Waals surface area contributed by atoms with Gasteiger partial charge in [-0.25, -0.2) is 0 Å². The maximum Gasteiger partial charge on any atom is 0.236 e. The molecule has 0 bridgehead atoms. The average molecular weight is 332 g/mol. The molecule has 6 nitrogen and oxygen atoms in total. The minimum Gasteiger partial charge on any atom is -0.392 e. The molecule has 24 heavy (non-hydrogen) atoms. The van der Waals surface area contributed by atoms with E-state index in [-0.39, 0.29) is 12.0 Å². The van der Waals surface area contributed by atoms with Crippen LogP contribution in [0.5, 0.6) is 0 Å². The van der Waals surface area contributed by atoms with Crippen LogP contribution in [0.4, 0.5) is 5.69 Å². The molecule has 1 amide bonds. The van der Waals surface area contributed by atoms with Gasteiger partial charge in [0, 0.05) is 50.8 Å². The number of carbonyl (C=O) groups excluding carboxylic acids is 1. The molecule has 0 radical (unpaired) electrons. The summed E-state index contributed by atoms with van der Waals surface area (Å²) < 4.78 is 0. The summed E-state index contributed by atoms with van der Waals surface area (Å²) in [6, 6.07) is 2.06. The van der Waals surface area contributed by atoms with E-state index in [1.165, 1.54) is 11.3 Å². The predicted octanol–water partition coefficient (Wildman–Crippen LogP) is 0.885. The van der Waals surface area contributed by atoms with E-state index in [4.69, 9.17) is 0 Å². The fourth-order valence-corrected chi connectivity index (χ4v) is 3.69. The largest absolute Gasteiger partial charge is 0.392 e. The molecule has 1 N–H and O–H groups in total. The third-order valence-corrected chi connectivity index (χ3v) is 5.02. The van der Waals surface area contributed by atoms with Crippen molar-refractivity contribution in [3.05, 3.63) is 24.0 Å². The van der Waals surface area contributed by atoms with Crippen LogP contribution in [-0.4, -0.2) is 77.7 Å². The second kappa shape index (κ2) is 7.94. The van der Waals surface area contributed by atoms with Crippen molar-refractivity contribution in [3.63, 3.8) is 0 Å². The van der Waals surface area contributed by atoms with Gasteiger partial charge in [0.2, 0.25) is 5.91 Å².